The van der Waals surface area contributed by atoms with Crippen molar-refractivity contribution in [3.63, 3.8) is 0 Å². The highest BCUT2D eigenvalue weighted by molar-refractivity contribution is 7.10. The predicted molar refractivity (Wildman–Crippen MR) is 80.5 cm³/mol. The number of carbonyl (C=O) groups excluding carboxylic acids is 1. The van der Waals surface area contributed by atoms with Crippen molar-refractivity contribution in [3.05, 3.63) is 22.4 Å². The SMILES string of the molecule is CC(C)(C)CN1CCN(C(=O)Cc2cccs2)CC1. The van der Waals surface area contributed by atoms with Gasteiger partial charge in [-0.2, -0.15) is 0 Å². The van der Waals surface area contributed by atoms with E-state index in [1.807, 2.05) is 22.4 Å². The van der Waals surface area contributed by atoms with Gasteiger partial charge in [0.25, 0.3) is 0 Å². The third kappa shape index (κ3) is 4.62. The topological polar surface area (TPSA) is 23.6 Å². The summed E-state index contributed by atoms with van der Waals surface area (Å²) in [5.41, 5.74) is 0.336. The van der Waals surface area contributed by atoms with Crippen molar-refractivity contribution < 1.29 is 4.79 Å². The van der Waals surface area contributed by atoms with E-state index in [9.17, 15) is 4.79 Å². The Morgan fingerprint density at radius 2 is 1.95 bits per heavy atom. The van der Waals surface area contributed by atoms with Gasteiger partial charge in [0.15, 0.2) is 0 Å². The molecule has 1 aliphatic heterocycles. The van der Waals surface area contributed by atoms with E-state index in [0.717, 1.165) is 32.7 Å². The van der Waals surface area contributed by atoms with Crippen molar-refractivity contribution in [1.82, 2.24) is 9.80 Å². The normalized spacial score (nSPS) is 17.7. The Hall–Kier alpha value is -0.870. The molecule has 0 spiro atoms. The van der Waals surface area contributed by atoms with E-state index in [1.165, 1.54) is 4.88 Å². The van der Waals surface area contributed by atoms with Gasteiger partial charge in [-0.25, -0.2) is 0 Å². The minimum absolute atomic E-state index is 0.276. The third-order valence-corrected chi connectivity index (χ3v) is 4.20. The van der Waals surface area contributed by atoms with E-state index in [2.05, 4.69) is 25.7 Å². The molecule has 1 fully saturated rings. The lowest BCUT2D eigenvalue weighted by Gasteiger charge is -2.37. The summed E-state index contributed by atoms with van der Waals surface area (Å²) in [4.78, 5) is 17.8. The van der Waals surface area contributed by atoms with Gasteiger partial charge in [-0.15, -0.1) is 11.3 Å². The molecule has 0 N–H and O–H groups in total. The fourth-order valence-electron chi connectivity index (χ4n) is 2.50. The molecule has 0 bridgehead atoms. The Bertz CT molecular complexity index is 400. The number of carbonyl (C=O) groups is 1. The number of nitrogens with zero attached hydrogens (tertiary/aromatic N) is 2. The first-order chi connectivity index (χ1) is 8.94. The van der Waals surface area contributed by atoms with Crippen LogP contribution in [-0.2, 0) is 11.2 Å². The van der Waals surface area contributed by atoms with Crippen molar-refractivity contribution in [2.24, 2.45) is 5.41 Å². The van der Waals surface area contributed by atoms with E-state index in [4.69, 9.17) is 0 Å². The van der Waals surface area contributed by atoms with Gasteiger partial charge in [0.2, 0.25) is 5.91 Å². The second-order valence-electron chi connectivity index (χ2n) is 6.47. The average Bonchev–Trinajstić information content (AvgIpc) is 2.80. The molecule has 0 atom stereocenters. The van der Waals surface area contributed by atoms with E-state index >= 15 is 0 Å². The molecule has 2 heterocycles. The summed E-state index contributed by atoms with van der Waals surface area (Å²) in [5.74, 6) is 0.276. The van der Waals surface area contributed by atoms with Crippen LogP contribution in [0.25, 0.3) is 0 Å². The molecule has 0 aliphatic carbocycles. The van der Waals surface area contributed by atoms with E-state index in [0.29, 0.717) is 11.8 Å². The van der Waals surface area contributed by atoms with Crippen LogP contribution in [0, 0.1) is 5.41 Å². The van der Waals surface area contributed by atoms with Crippen LogP contribution in [0.3, 0.4) is 0 Å². The molecule has 4 heteroatoms. The highest BCUT2D eigenvalue weighted by Gasteiger charge is 2.24. The minimum Gasteiger partial charge on any atom is -0.340 e. The molecule has 0 aromatic carbocycles. The van der Waals surface area contributed by atoms with Crippen LogP contribution < -0.4 is 0 Å². The zero-order valence-electron chi connectivity index (χ0n) is 12.2. The van der Waals surface area contributed by atoms with Crippen LogP contribution in [0.2, 0.25) is 0 Å². The Morgan fingerprint density at radius 1 is 1.26 bits per heavy atom. The molecule has 1 aromatic heterocycles. The molecule has 0 unspecified atom stereocenters. The standard InChI is InChI=1S/C15H24N2OS/c1-15(2,3)12-16-6-8-17(9-7-16)14(18)11-13-5-4-10-19-13/h4-5,10H,6-9,11-12H2,1-3H3. The van der Waals surface area contributed by atoms with Gasteiger partial charge >= 0.3 is 0 Å². The zero-order chi connectivity index (χ0) is 13.9. The summed E-state index contributed by atoms with van der Waals surface area (Å²) >= 11 is 1.67. The van der Waals surface area contributed by atoms with Crippen molar-refractivity contribution in [2.45, 2.75) is 27.2 Å². The maximum Gasteiger partial charge on any atom is 0.227 e. The first kappa shape index (κ1) is 14.5. The number of rotatable bonds is 3. The maximum absolute atomic E-state index is 12.2. The molecule has 2 rings (SSSR count). The van der Waals surface area contributed by atoms with Crippen molar-refractivity contribution >= 4 is 17.2 Å². The summed E-state index contributed by atoms with van der Waals surface area (Å²) in [5, 5.41) is 2.03. The van der Waals surface area contributed by atoms with Gasteiger partial charge in [0.05, 0.1) is 6.42 Å². The molecule has 3 nitrogen and oxygen atoms in total. The van der Waals surface area contributed by atoms with Crippen LogP contribution in [0.1, 0.15) is 25.6 Å². The Morgan fingerprint density at radius 3 is 2.47 bits per heavy atom. The van der Waals surface area contributed by atoms with Crippen LogP contribution >= 0.6 is 11.3 Å². The highest BCUT2D eigenvalue weighted by Crippen LogP contribution is 2.17. The molecule has 106 valence electrons. The molecule has 1 saturated heterocycles. The second kappa shape index (κ2) is 6.06. The molecular weight excluding hydrogens is 256 g/mol. The lowest BCUT2D eigenvalue weighted by Crippen LogP contribution is -2.50. The molecular formula is C15H24N2OS. The summed E-state index contributed by atoms with van der Waals surface area (Å²) in [6, 6.07) is 4.05. The van der Waals surface area contributed by atoms with Gasteiger partial charge in [0, 0.05) is 37.6 Å². The lowest BCUT2D eigenvalue weighted by atomic mass is 9.96. The minimum atomic E-state index is 0.276. The zero-order valence-corrected chi connectivity index (χ0v) is 13.0. The molecule has 0 radical (unpaired) electrons. The number of piperazine rings is 1. The quantitative estimate of drug-likeness (QED) is 0.849. The van der Waals surface area contributed by atoms with Gasteiger partial charge in [-0.05, 0) is 16.9 Å². The Balaban J connectivity index is 1.78. The van der Waals surface area contributed by atoms with Gasteiger partial charge < -0.3 is 4.90 Å². The molecule has 19 heavy (non-hydrogen) atoms. The lowest BCUT2D eigenvalue weighted by molar-refractivity contribution is -0.132. The number of thiophene rings is 1. The van der Waals surface area contributed by atoms with Crippen LogP contribution in [0.5, 0.6) is 0 Å². The maximum atomic E-state index is 12.2. The molecule has 1 amide bonds. The number of hydrogen-bond acceptors (Lipinski definition) is 3. The summed E-state index contributed by atoms with van der Waals surface area (Å²) in [7, 11) is 0. The fraction of sp³-hybridized carbons (Fsp3) is 0.667. The second-order valence-corrected chi connectivity index (χ2v) is 7.51. The largest absolute Gasteiger partial charge is 0.340 e. The summed E-state index contributed by atoms with van der Waals surface area (Å²) in [6.07, 6.45) is 0.566. The van der Waals surface area contributed by atoms with Gasteiger partial charge in [-0.1, -0.05) is 26.8 Å². The first-order valence-electron chi connectivity index (χ1n) is 6.96. The Labute approximate surface area is 120 Å². The monoisotopic (exact) mass is 280 g/mol. The fourth-order valence-corrected chi connectivity index (χ4v) is 3.20. The Kier molecular flexibility index (Phi) is 4.63. The third-order valence-electron chi connectivity index (χ3n) is 3.33. The van der Waals surface area contributed by atoms with E-state index in [1.54, 1.807) is 11.3 Å². The van der Waals surface area contributed by atoms with E-state index < -0.39 is 0 Å². The number of hydrogen-bond donors (Lipinski definition) is 0. The molecule has 1 aliphatic rings. The van der Waals surface area contributed by atoms with Crippen LogP contribution in [0.15, 0.2) is 17.5 Å². The number of amides is 1. The van der Waals surface area contributed by atoms with Crippen LogP contribution in [-0.4, -0.2) is 48.4 Å². The average molecular weight is 280 g/mol. The predicted octanol–water partition coefficient (Wildman–Crippen LogP) is 2.48. The smallest absolute Gasteiger partial charge is 0.227 e. The summed E-state index contributed by atoms with van der Waals surface area (Å²) < 4.78 is 0. The summed E-state index contributed by atoms with van der Waals surface area (Å²) in [6.45, 7) is 11.7. The van der Waals surface area contributed by atoms with Crippen molar-refractivity contribution in [3.8, 4) is 0 Å². The van der Waals surface area contributed by atoms with Crippen LogP contribution in [0.4, 0.5) is 0 Å². The van der Waals surface area contributed by atoms with Crippen molar-refractivity contribution in [2.75, 3.05) is 32.7 Å². The first-order valence-corrected chi connectivity index (χ1v) is 7.84. The highest BCUT2D eigenvalue weighted by atomic mass is 32.1. The van der Waals surface area contributed by atoms with Gasteiger partial charge in [-0.3, -0.25) is 9.69 Å². The van der Waals surface area contributed by atoms with Crippen molar-refractivity contribution in [1.29, 1.82) is 0 Å². The molecule has 0 saturated carbocycles. The van der Waals surface area contributed by atoms with E-state index in [-0.39, 0.29) is 5.91 Å². The van der Waals surface area contributed by atoms with Gasteiger partial charge in [0.1, 0.15) is 0 Å². The molecule has 1 aromatic rings.